The molecule has 6 nitrogen and oxygen atoms in total. The zero-order valence-electron chi connectivity index (χ0n) is 15.5. The van der Waals surface area contributed by atoms with Crippen molar-refractivity contribution in [3.8, 4) is 17.2 Å². The third-order valence-corrected chi connectivity index (χ3v) is 6.70. The molecular formula is C18H22BrN5OSi. The maximum Gasteiger partial charge on any atom is 0.170 e. The van der Waals surface area contributed by atoms with E-state index in [0.717, 1.165) is 39.4 Å². The Kier molecular flexibility index (Phi) is 5.32. The van der Waals surface area contributed by atoms with Crippen LogP contribution in [0.1, 0.15) is 5.69 Å². The van der Waals surface area contributed by atoms with Gasteiger partial charge in [0.15, 0.2) is 5.69 Å². The SMILES string of the molecule is Cn1cc(-c2c(Br)n(COCC[Si](C)(C)C)c3ncccc23)c(C#N)n1. The molecule has 8 heteroatoms. The molecular weight excluding hydrogens is 410 g/mol. The second-order valence-electron chi connectivity index (χ2n) is 7.49. The molecule has 0 aromatic carbocycles. The standard InChI is InChI=1S/C18H22BrN5OSi/c1-23-11-14(15(10-20)22-23)16-13-6-5-7-21-18(13)24(17(16)19)12-25-8-9-26(2,3)4/h5-7,11H,8-9,12H2,1-4H3. The number of nitrogens with zero attached hydrogens (tertiary/aromatic N) is 5. The summed E-state index contributed by atoms with van der Waals surface area (Å²) < 4.78 is 10.4. The van der Waals surface area contributed by atoms with Gasteiger partial charge in [-0.1, -0.05) is 19.6 Å². The highest BCUT2D eigenvalue weighted by atomic mass is 79.9. The maximum atomic E-state index is 9.43. The number of hydrogen-bond acceptors (Lipinski definition) is 4. The summed E-state index contributed by atoms with van der Waals surface area (Å²) in [4.78, 5) is 4.53. The summed E-state index contributed by atoms with van der Waals surface area (Å²) in [7, 11) is 0.686. The lowest BCUT2D eigenvalue weighted by Gasteiger charge is -2.16. The molecule has 0 aliphatic rings. The van der Waals surface area contributed by atoms with Gasteiger partial charge in [0.1, 0.15) is 18.4 Å². The molecule has 3 heterocycles. The van der Waals surface area contributed by atoms with Gasteiger partial charge < -0.3 is 4.74 Å². The molecule has 3 aromatic rings. The number of halogens is 1. The predicted molar refractivity (Wildman–Crippen MR) is 108 cm³/mol. The number of nitriles is 1. The maximum absolute atomic E-state index is 9.43. The van der Waals surface area contributed by atoms with Gasteiger partial charge >= 0.3 is 0 Å². The highest BCUT2D eigenvalue weighted by Gasteiger charge is 2.22. The number of fused-ring (bicyclic) bond motifs is 1. The van der Waals surface area contributed by atoms with Crippen molar-refractivity contribution in [2.75, 3.05) is 6.61 Å². The second kappa shape index (κ2) is 7.35. The van der Waals surface area contributed by atoms with Gasteiger partial charge in [0, 0.05) is 50.6 Å². The molecule has 0 aliphatic heterocycles. The van der Waals surface area contributed by atoms with E-state index in [1.165, 1.54) is 0 Å². The van der Waals surface area contributed by atoms with Crippen molar-refractivity contribution in [1.29, 1.82) is 5.26 Å². The third kappa shape index (κ3) is 3.75. The fourth-order valence-electron chi connectivity index (χ4n) is 2.81. The first-order valence-electron chi connectivity index (χ1n) is 8.46. The number of aryl methyl sites for hydroxylation is 1. The third-order valence-electron chi connectivity index (χ3n) is 4.18. The van der Waals surface area contributed by atoms with E-state index in [-0.39, 0.29) is 0 Å². The van der Waals surface area contributed by atoms with E-state index in [1.54, 1.807) is 10.9 Å². The molecule has 3 rings (SSSR count). The summed E-state index contributed by atoms with van der Waals surface area (Å²) in [5, 5.41) is 14.6. The minimum atomic E-state index is -1.13. The topological polar surface area (TPSA) is 68.7 Å². The van der Waals surface area contributed by atoms with Crippen molar-refractivity contribution < 1.29 is 4.74 Å². The van der Waals surface area contributed by atoms with Gasteiger partial charge in [-0.25, -0.2) is 4.98 Å². The summed E-state index contributed by atoms with van der Waals surface area (Å²) in [6.07, 6.45) is 3.63. The van der Waals surface area contributed by atoms with Gasteiger partial charge in [-0.2, -0.15) is 10.4 Å². The van der Waals surface area contributed by atoms with Crippen LogP contribution in [-0.2, 0) is 18.5 Å². The molecule has 26 heavy (non-hydrogen) atoms. The number of hydrogen-bond donors (Lipinski definition) is 0. The zero-order valence-corrected chi connectivity index (χ0v) is 18.0. The van der Waals surface area contributed by atoms with Crippen molar-refractivity contribution in [3.05, 3.63) is 34.8 Å². The molecule has 0 radical (unpaired) electrons. The molecule has 0 spiro atoms. The van der Waals surface area contributed by atoms with Crippen LogP contribution in [0, 0.1) is 11.3 Å². The average Bonchev–Trinajstić information content (AvgIpc) is 3.07. The van der Waals surface area contributed by atoms with Crippen LogP contribution in [0.5, 0.6) is 0 Å². The monoisotopic (exact) mass is 431 g/mol. The molecule has 0 bridgehead atoms. The first kappa shape index (κ1) is 18.8. The molecule has 0 saturated heterocycles. The van der Waals surface area contributed by atoms with E-state index in [4.69, 9.17) is 4.74 Å². The zero-order chi connectivity index (χ0) is 18.9. The van der Waals surface area contributed by atoms with Crippen LogP contribution in [0.4, 0.5) is 0 Å². The van der Waals surface area contributed by atoms with Crippen LogP contribution in [0.2, 0.25) is 25.7 Å². The Morgan fingerprint density at radius 3 is 2.81 bits per heavy atom. The first-order chi connectivity index (χ1) is 12.3. The first-order valence-corrected chi connectivity index (χ1v) is 13.0. The van der Waals surface area contributed by atoms with Crippen LogP contribution >= 0.6 is 15.9 Å². The molecule has 136 valence electrons. The molecule has 0 amide bonds. The molecule has 0 N–H and O–H groups in total. The van der Waals surface area contributed by atoms with Crippen molar-refractivity contribution in [2.24, 2.45) is 7.05 Å². The number of pyridine rings is 1. The average molecular weight is 432 g/mol. The second-order valence-corrected chi connectivity index (χ2v) is 13.9. The highest BCUT2D eigenvalue weighted by Crippen LogP contribution is 2.38. The molecule has 0 fully saturated rings. The van der Waals surface area contributed by atoms with Gasteiger partial charge in [-0.3, -0.25) is 9.25 Å². The van der Waals surface area contributed by atoms with E-state index >= 15 is 0 Å². The van der Waals surface area contributed by atoms with Crippen molar-refractivity contribution in [3.63, 3.8) is 0 Å². The van der Waals surface area contributed by atoms with E-state index in [2.05, 4.69) is 51.7 Å². The van der Waals surface area contributed by atoms with E-state index < -0.39 is 8.07 Å². The lowest BCUT2D eigenvalue weighted by atomic mass is 10.1. The molecule has 3 aromatic heterocycles. The molecule has 0 saturated carbocycles. The molecule has 0 aliphatic carbocycles. The summed E-state index contributed by atoms with van der Waals surface area (Å²) in [6.45, 7) is 8.16. The van der Waals surface area contributed by atoms with Crippen molar-refractivity contribution >= 4 is 35.0 Å². The number of aromatic nitrogens is 4. The summed E-state index contributed by atoms with van der Waals surface area (Å²) in [5.41, 5.74) is 2.94. The van der Waals surface area contributed by atoms with E-state index in [1.807, 2.05) is 29.9 Å². The van der Waals surface area contributed by atoms with Crippen LogP contribution in [0.3, 0.4) is 0 Å². The fraction of sp³-hybridized carbons (Fsp3) is 0.389. The Bertz CT molecular complexity index is 980. The molecule has 0 unspecified atom stereocenters. The van der Waals surface area contributed by atoms with Crippen LogP contribution in [0.25, 0.3) is 22.2 Å². The lowest BCUT2D eigenvalue weighted by molar-refractivity contribution is 0.0886. The Morgan fingerprint density at radius 1 is 1.35 bits per heavy atom. The van der Waals surface area contributed by atoms with Gasteiger partial charge in [0.25, 0.3) is 0 Å². The Balaban J connectivity index is 2.01. The highest BCUT2D eigenvalue weighted by molar-refractivity contribution is 9.10. The van der Waals surface area contributed by atoms with E-state index in [9.17, 15) is 5.26 Å². The minimum absolute atomic E-state index is 0.399. The quantitative estimate of drug-likeness (QED) is 0.428. The van der Waals surface area contributed by atoms with Gasteiger partial charge in [-0.15, -0.1) is 0 Å². The van der Waals surface area contributed by atoms with Crippen molar-refractivity contribution in [1.82, 2.24) is 19.3 Å². The summed E-state index contributed by atoms with van der Waals surface area (Å²) in [6, 6.07) is 7.20. The Morgan fingerprint density at radius 2 is 2.12 bits per heavy atom. The van der Waals surface area contributed by atoms with Crippen LogP contribution in [0.15, 0.2) is 29.1 Å². The van der Waals surface area contributed by atoms with Gasteiger partial charge in [0.05, 0.1) is 4.60 Å². The number of rotatable bonds is 6. The normalized spacial score (nSPS) is 11.8. The van der Waals surface area contributed by atoms with Crippen LogP contribution in [-0.4, -0.2) is 34.0 Å². The summed E-state index contributed by atoms with van der Waals surface area (Å²) >= 11 is 3.70. The van der Waals surface area contributed by atoms with Gasteiger partial charge in [-0.05, 0) is 34.1 Å². The fourth-order valence-corrected chi connectivity index (χ4v) is 4.26. The minimum Gasteiger partial charge on any atom is -0.361 e. The molecule has 0 atom stereocenters. The largest absolute Gasteiger partial charge is 0.361 e. The van der Waals surface area contributed by atoms with Gasteiger partial charge in [0.2, 0.25) is 0 Å². The summed E-state index contributed by atoms with van der Waals surface area (Å²) in [5.74, 6) is 0. The lowest BCUT2D eigenvalue weighted by Crippen LogP contribution is -2.22. The Hall–Kier alpha value is -1.95. The number of ether oxygens (including phenoxy) is 1. The van der Waals surface area contributed by atoms with Crippen molar-refractivity contribution in [2.45, 2.75) is 32.4 Å². The smallest absolute Gasteiger partial charge is 0.170 e. The predicted octanol–water partition coefficient (Wildman–Crippen LogP) is 4.38. The van der Waals surface area contributed by atoms with E-state index in [0.29, 0.717) is 12.4 Å². The van der Waals surface area contributed by atoms with Crippen LogP contribution < -0.4 is 0 Å². The Labute approximate surface area is 162 Å².